The zero-order chi connectivity index (χ0) is 13.8. The largest absolute Gasteiger partial charge is 0.376 e. The molecule has 0 bridgehead atoms. The van der Waals surface area contributed by atoms with Crippen LogP contribution in [-0.2, 0) is 4.79 Å². The summed E-state index contributed by atoms with van der Waals surface area (Å²) in [5, 5.41) is 3.31. The van der Waals surface area contributed by atoms with E-state index in [0.717, 1.165) is 25.1 Å². The summed E-state index contributed by atoms with van der Waals surface area (Å²) in [7, 11) is 0. The van der Waals surface area contributed by atoms with Gasteiger partial charge in [-0.25, -0.2) is 0 Å². The second kappa shape index (κ2) is 6.09. The molecule has 0 aliphatic carbocycles. The average Bonchev–Trinajstić information content (AvgIpc) is 2.38. The molecule has 1 aromatic rings. The third kappa shape index (κ3) is 3.28. The van der Waals surface area contributed by atoms with Gasteiger partial charge in [-0.05, 0) is 51.2 Å². The van der Waals surface area contributed by atoms with Crippen LogP contribution in [-0.4, -0.2) is 29.9 Å². The van der Waals surface area contributed by atoms with Crippen LogP contribution in [0.15, 0.2) is 18.2 Å². The molecule has 1 atom stereocenters. The van der Waals surface area contributed by atoms with Crippen LogP contribution in [0.4, 0.5) is 5.69 Å². The van der Waals surface area contributed by atoms with E-state index in [-0.39, 0.29) is 5.91 Å². The van der Waals surface area contributed by atoms with Gasteiger partial charge in [0.1, 0.15) is 0 Å². The SMILES string of the molecule is Cc1cccc(C)c1NCC(=O)N1CCCCC1C. The number of rotatable bonds is 3. The minimum atomic E-state index is 0.217. The van der Waals surface area contributed by atoms with Crippen LogP contribution in [0.1, 0.15) is 37.3 Å². The highest BCUT2D eigenvalue weighted by Crippen LogP contribution is 2.20. The minimum Gasteiger partial charge on any atom is -0.376 e. The van der Waals surface area contributed by atoms with Crippen LogP contribution >= 0.6 is 0 Å². The second-order valence-electron chi connectivity index (χ2n) is 5.55. The fourth-order valence-electron chi connectivity index (χ4n) is 2.83. The van der Waals surface area contributed by atoms with Gasteiger partial charge in [0.25, 0.3) is 0 Å². The Labute approximate surface area is 116 Å². The number of likely N-dealkylation sites (tertiary alicyclic amines) is 1. The van der Waals surface area contributed by atoms with Gasteiger partial charge >= 0.3 is 0 Å². The van der Waals surface area contributed by atoms with Crippen molar-refractivity contribution in [3.8, 4) is 0 Å². The maximum atomic E-state index is 12.3. The molecule has 1 aromatic carbocycles. The lowest BCUT2D eigenvalue weighted by Crippen LogP contribution is -2.44. The van der Waals surface area contributed by atoms with Gasteiger partial charge in [-0.2, -0.15) is 0 Å². The molecule has 0 aromatic heterocycles. The standard InChI is InChI=1S/C16H24N2O/c1-12-7-6-8-13(2)16(12)17-11-15(19)18-10-5-4-9-14(18)3/h6-8,14,17H,4-5,9-11H2,1-3H3. The van der Waals surface area contributed by atoms with Crippen molar-refractivity contribution in [3.05, 3.63) is 29.3 Å². The Bertz CT molecular complexity index is 436. The monoisotopic (exact) mass is 260 g/mol. The van der Waals surface area contributed by atoms with E-state index >= 15 is 0 Å². The quantitative estimate of drug-likeness (QED) is 0.905. The van der Waals surface area contributed by atoms with Crippen molar-refractivity contribution in [2.45, 2.75) is 46.1 Å². The molecule has 0 saturated carbocycles. The number of amides is 1. The lowest BCUT2D eigenvalue weighted by atomic mass is 10.0. The summed E-state index contributed by atoms with van der Waals surface area (Å²) in [6.45, 7) is 7.60. The number of para-hydroxylation sites is 1. The number of aryl methyl sites for hydroxylation is 2. The van der Waals surface area contributed by atoms with Crippen molar-refractivity contribution in [3.63, 3.8) is 0 Å². The first-order valence-corrected chi connectivity index (χ1v) is 7.19. The van der Waals surface area contributed by atoms with Gasteiger partial charge in [0, 0.05) is 18.3 Å². The number of carbonyl (C=O) groups is 1. The smallest absolute Gasteiger partial charge is 0.242 e. The van der Waals surface area contributed by atoms with Crippen LogP contribution in [0.5, 0.6) is 0 Å². The number of benzene rings is 1. The maximum absolute atomic E-state index is 12.3. The van der Waals surface area contributed by atoms with Crippen molar-refractivity contribution in [2.24, 2.45) is 0 Å². The summed E-state index contributed by atoms with van der Waals surface area (Å²) in [6.07, 6.45) is 3.52. The third-order valence-electron chi connectivity index (χ3n) is 4.02. The summed E-state index contributed by atoms with van der Waals surface area (Å²) >= 11 is 0. The fraction of sp³-hybridized carbons (Fsp3) is 0.562. The first-order chi connectivity index (χ1) is 9.09. The second-order valence-corrected chi connectivity index (χ2v) is 5.55. The normalized spacial score (nSPS) is 19.3. The zero-order valence-corrected chi connectivity index (χ0v) is 12.2. The molecule has 0 spiro atoms. The van der Waals surface area contributed by atoms with Crippen LogP contribution in [0.25, 0.3) is 0 Å². The molecule has 1 fully saturated rings. The number of nitrogens with one attached hydrogen (secondary N) is 1. The summed E-state index contributed by atoms with van der Waals surface area (Å²) < 4.78 is 0. The zero-order valence-electron chi connectivity index (χ0n) is 12.2. The molecule has 1 amide bonds. The molecule has 0 radical (unpaired) electrons. The molecule has 1 aliphatic rings. The van der Waals surface area contributed by atoms with E-state index in [9.17, 15) is 4.79 Å². The van der Waals surface area contributed by atoms with E-state index in [1.165, 1.54) is 17.5 Å². The molecule has 1 unspecified atom stereocenters. The van der Waals surface area contributed by atoms with Gasteiger partial charge < -0.3 is 10.2 Å². The van der Waals surface area contributed by atoms with E-state index in [1.54, 1.807) is 0 Å². The van der Waals surface area contributed by atoms with Crippen LogP contribution in [0.2, 0.25) is 0 Å². The fourth-order valence-corrected chi connectivity index (χ4v) is 2.83. The van der Waals surface area contributed by atoms with Gasteiger partial charge in [-0.15, -0.1) is 0 Å². The molecular formula is C16H24N2O. The maximum Gasteiger partial charge on any atom is 0.242 e. The Morgan fingerprint density at radius 3 is 2.63 bits per heavy atom. The van der Waals surface area contributed by atoms with E-state index in [2.05, 4.69) is 38.2 Å². The van der Waals surface area contributed by atoms with E-state index in [1.807, 2.05) is 11.0 Å². The topological polar surface area (TPSA) is 32.3 Å². The minimum absolute atomic E-state index is 0.217. The Kier molecular flexibility index (Phi) is 4.46. The first kappa shape index (κ1) is 13.9. The molecule has 1 aliphatic heterocycles. The van der Waals surface area contributed by atoms with Crippen molar-refractivity contribution in [2.75, 3.05) is 18.4 Å². The Balaban J connectivity index is 1.96. The highest BCUT2D eigenvalue weighted by molar-refractivity contribution is 5.81. The Morgan fingerprint density at radius 2 is 2.00 bits per heavy atom. The number of piperidine rings is 1. The van der Waals surface area contributed by atoms with E-state index in [0.29, 0.717) is 12.6 Å². The van der Waals surface area contributed by atoms with Crippen LogP contribution in [0, 0.1) is 13.8 Å². The van der Waals surface area contributed by atoms with Crippen LogP contribution in [0.3, 0.4) is 0 Å². The number of hydrogen-bond donors (Lipinski definition) is 1. The molecule has 19 heavy (non-hydrogen) atoms. The third-order valence-corrected chi connectivity index (χ3v) is 4.02. The highest BCUT2D eigenvalue weighted by Gasteiger charge is 2.22. The van der Waals surface area contributed by atoms with Crippen molar-refractivity contribution in [1.82, 2.24) is 4.90 Å². The molecule has 3 heteroatoms. The highest BCUT2D eigenvalue weighted by atomic mass is 16.2. The summed E-state index contributed by atoms with van der Waals surface area (Å²) in [5.74, 6) is 0.217. The Morgan fingerprint density at radius 1 is 1.32 bits per heavy atom. The van der Waals surface area contributed by atoms with Crippen molar-refractivity contribution >= 4 is 11.6 Å². The van der Waals surface area contributed by atoms with Gasteiger partial charge in [0.05, 0.1) is 6.54 Å². The van der Waals surface area contributed by atoms with Crippen LogP contribution < -0.4 is 5.32 Å². The summed E-state index contributed by atoms with van der Waals surface area (Å²) in [6, 6.07) is 6.58. The lowest BCUT2D eigenvalue weighted by Gasteiger charge is -2.33. The van der Waals surface area contributed by atoms with Gasteiger partial charge in [-0.1, -0.05) is 18.2 Å². The van der Waals surface area contributed by atoms with Crippen molar-refractivity contribution in [1.29, 1.82) is 0 Å². The Hall–Kier alpha value is -1.51. The first-order valence-electron chi connectivity index (χ1n) is 7.19. The summed E-state index contributed by atoms with van der Waals surface area (Å²) in [4.78, 5) is 14.3. The van der Waals surface area contributed by atoms with E-state index < -0.39 is 0 Å². The van der Waals surface area contributed by atoms with E-state index in [4.69, 9.17) is 0 Å². The molecule has 1 N–H and O–H groups in total. The predicted molar refractivity (Wildman–Crippen MR) is 79.4 cm³/mol. The number of nitrogens with zero attached hydrogens (tertiary/aromatic N) is 1. The van der Waals surface area contributed by atoms with Gasteiger partial charge in [0.2, 0.25) is 5.91 Å². The molecular weight excluding hydrogens is 236 g/mol. The predicted octanol–water partition coefficient (Wildman–Crippen LogP) is 3.12. The molecule has 1 saturated heterocycles. The van der Waals surface area contributed by atoms with Gasteiger partial charge in [0.15, 0.2) is 0 Å². The van der Waals surface area contributed by atoms with Gasteiger partial charge in [-0.3, -0.25) is 4.79 Å². The molecule has 3 nitrogen and oxygen atoms in total. The number of carbonyl (C=O) groups excluding carboxylic acids is 1. The molecule has 1 heterocycles. The average molecular weight is 260 g/mol. The molecule has 2 rings (SSSR count). The molecule has 104 valence electrons. The number of hydrogen-bond acceptors (Lipinski definition) is 2. The van der Waals surface area contributed by atoms with Crippen molar-refractivity contribution < 1.29 is 4.79 Å². The number of anilines is 1. The lowest BCUT2D eigenvalue weighted by molar-refractivity contribution is -0.132. The summed E-state index contributed by atoms with van der Waals surface area (Å²) in [5.41, 5.74) is 3.49.